The SMILES string of the molecule is COc1cc([C@H]2C3=CCn4c(=O)n(C)c(=O)n4[C@@H]3CC3=C2C(=O)C(C)=CC3=O)cc(Cl)c1O. The first-order valence-electron chi connectivity index (χ1n) is 10.3. The number of rotatable bonds is 2. The molecular weight excluding hydrogens is 450 g/mol. The molecule has 0 amide bonds. The van der Waals surface area contributed by atoms with Crippen molar-refractivity contribution in [2.75, 3.05) is 7.11 Å². The molecule has 2 heterocycles. The van der Waals surface area contributed by atoms with E-state index >= 15 is 0 Å². The zero-order valence-corrected chi connectivity index (χ0v) is 18.8. The summed E-state index contributed by atoms with van der Waals surface area (Å²) >= 11 is 6.26. The second kappa shape index (κ2) is 7.21. The first kappa shape index (κ1) is 21.3. The van der Waals surface area contributed by atoms with Gasteiger partial charge in [0.05, 0.1) is 24.7 Å². The summed E-state index contributed by atoms with van der Waals surface area (Å²) < 4.78 is 8.97. The summed E-state index contributed by atoms with van der Waals surface area (Å²) in [6.07, 6.45) is 3.23. The molecule has 170 valence electrons. The van der Waals surface area contributed by atoms with Crippen molar-refractivity contribution in [2.24, 2.45) is 7.05 Å². The molecular formula is C23H20ClN3O6. The quantitative estimate of drug-likeness (QED) is 0.530. The minimum absolute atomic E-state index is 0.0284. The number of halogens is 1. The van der Waals surface area contributed by atoms with E-state index in [1.165, 1.54) is 35.7 Å². The molecule has 1 aromatic heterocycles. The third kappa shape index (κ3) is 2.85. The molecule has 0 bridgehead atoms. The fourth-order valence-corrected chi connectivity index (χ4v) is 5.26. The normalized spacial score (nSPS) is 21.8. The number of hydrogen-bond acceptors (Lipinski definition) is 6. The van der Waals surface area contributed by atoms with Crippen LogP contribution in [0.5, 0.6) is 11.5 Å². The number of aromatic hydroxyl groups is 1. The van der Waals surface area contributed by atoms with E-state index in [1.807, 2.05) is 6.08 Å². The van der Waals surface area contributed by atoms with Gasteiger partial charge < -0.3 is 9.84 Å². The van der Waals surface area contributed by atoms with Gasteiger partial charge in [-0.3, -0.25) is 9.59 Å². The number of carbonyl (C=O) groups is 2. The van der Waals surface area contributed by atoms with E-state index in [0.29, 0.717) is 27.9 Å². The van der Waals surface area contributed by atoms with E-state index in [1.54, 1.807) is 13.0 Å². The van der Waals surface area contributed by atoms with Crippen molar-refractivity contribution in [1.29, 1.82) is 0 Å². The molecule has 3 aliphatic rings. The monoisotopic (exact) mass is 469 g/mol. The van der Waals surface area contributed by atoms with Crippen LogP contribution in [0.4, 0.5) is 0 Å². The molecule has 1 aliphatic heterocycles. The molecule has 5 rings (SSSR count). The number of aromatic nitrogens is 3. The number of carbonyl (C=O) groups excluding carboxylic acids is 2. The van der Waals surface area contributed by atoms with Crippen LogP contribution in [0.15, 0.2) is 56.2 Å². The Kier molecular flexibility index (Phi) is 4.65. The highest BCUT2D eigenvalue weighted by molar-refractivity contribution is 6.32. The van der Waals surface area contributed by atoms with Crippen LogP contribution in [0.3, 0.4) is 0 Å². The number of allylic oxidation sites excluding steroid dienone is 6. The van der Waals surface area contributed by atoms with Crippen molar-refractivity contribution in [1.82, 2.24) is 13.9 Å². The van der Waals surface area contributed by atoms with Crippen LogP contribution in [0.25, 0.3) is 0 Å². The largest absolute Gasteiger partial charge is 0.503 e. The fourth-order valence-electron chi connectivity index (χ4n) is 5.04. The van der Waals surface area contributed by atoms with Crippen molar-refractivity contribution >= 4 is 23.2 Å². The molecule has 1 aromatic carbocycles. The highest BCUT2D eigenvalue weighted by Gasteiger charge is 2.45. The smallest absolute Gasteiger partial charge is 0.347 e. The molecule has 0 unspecified atom stereocenters. The molecule has 9 nitrogen and oxygen atoms in total. The number of fused-ring (bicyclic) bond motifs is 3. The number of methoxy groups -OCH3 is 1. The molecule has 33 heavy (non-hydrogen) atoms. The molecule has 0 saturated carbocycles. The topological polar surface area (TPSA) is 113 Å². The Labute approximate surface area is 192 Å². The zero-order valence-electron chi connectivity index (χ0n) is 18.1. The molecule has 2 aromatic rings. The lowest BCUT2D eigenvalue weighted by atomic mass is 9.68. The number of phenols is 1. The summed E-state index contributed by atoms with van der Waals surface area (Å²) in [6, 6.07) is 2.46. The highest BCUT2D eigenvalue weighted by atomic mass is 35.5. The van der Waals surface area contributed by atoms with Gasteiger partial charge in [-0.25, -0.2) is 23.5 Å². The Balaban J connectivity index is 1.81. The van der Waals surface area contributed by atoms with Gasteiger partial charge >= 0.3 is 11.4 Å². The third-order valence-electron chi connectivity index (χ3n) is 6.63. The number of hydrogen-bond donors (Lipinski definition) is 1. The lowest BCUT2D eigenvalue weighted by Crippen LogP contribution is -2.40. The fraction of sp³-hybridized carbons (Fsp3) is 0.304. The first-order chi connectivity index (χ1) is 15.6. The standard InChI is InChI=1S/C23H20ClN3O6/c1-10-6-16(28)13-9-15-12(4-5-26-22(31)25(2)23(32)27(15)26)18(19(13)20(10)29)11-7-14(24)21(30)17(8-11)33-3/h4,6-8,15,18,30H,5,9H2,1-3H3/t15-,18+/m1/s1. The molecule has 10 heteroatoms. The Morgan fingerprint density at radius 1 is 1.15 bits per heavy atom. The summed E-state index contributed by atoms with van der Waals surface area (Å²) in [7, 11) is 2.79. The Morgan fingerprint density at radius 2 is 1.88 bits per heavy atom. The van der Waals surface area contributed by atoms with Crippen LogP contribution in [-0.4, -0.2) is 37.7 Å². The summed E-state index contributed by atoms with van der Waals surface area (Å²) in [6.45, 7) is 1.73. The van der Waals surface area contributed by atoms with Crippen molar-refractivity contribution < 1.29 is 19.4 Å². The maximum atomic E-state index is 13.3. The molecule has 0 fully saturated rings. The lowest BCUT2D eigenvalue weighted by Gasteiger charge is -2.39. The van der Waals surface area contributed by atoms with E-state index in [-0.39, 0.29) is 41.1 Å². The summed E-state index contributed by atoms with van der Waals surface area (Å²) in [5, 5.41) is 10.2. The number of ether oxygens (including phenoxy) is 1. The third-order valence-corrected chi connectivity index (χ3v) is 6.92. The van der Waals surface area contributed by atoms with Crippen LogP contribution >= 0.6 is 11.6 Å². The first-order valence-corrected chi connectivity index (χ1v) is 10.7. The van der Waals surface area contributed by atoms with Crippen LogP contribution < -0.4 is 16.1 Å². The van der Waals surface area contributed by atoms with Crippen LogP contribution in [0.1, 0.15) is 30.9 Å². The van der Waals surface area contributed by atoms with Gasteiger partial charge in [-0.2, -0.15) is 0 Å². The second-order valence-corrected chi connectivity index (χ2v) is 8.78. The maximum Gasteiger partial charge on any atom is 0.347 e. The molecule has 0 spiro atoms. The van der Waals surface area contributed by atoms with Crippen LogP contribution in [0.2, 0.25) is 5.02 Å². The minimum atomic E-state index is -0.707. The minimum Gasteiger partial charge on any atom is -0.503 e. The predicted octanol–water partition coefficient (Wildman–Crippen LogP) is 1.78. The van der Waals surface area contributed by atoms with Gasteiger partial charge in [0.15, 0.2) is 23.1 Å². The number of nitrogens with zero attached hydrogens (tertiary/aromatic N) is 3. The van der Waals surface area contributed by atoms with Gasteiger partial charge in [-0.1, -0.05) is 17.7 Å². The highest BCUT2D eigenvalue weighted by Crippen LogP contribution is 2.51. The Hall–Kier alpha value is -3.59. The number of Topliss-reactive ketones (excluding diaryl/α,β-unsaturated/α-hetero) is 1. The maximum absolute atomic E-state index is 13.3. The molecule has 2 atom stereocenters. The van der Waals surface area contributed by atoms with E-state index in [4.69, 9.17) is 16.3 Å². The van der Waals surface area contributed by atoms with Gasteiger partial charge in [0.1, 0.15) is 0 Å². The van der Waals surface area contributed by atoms with Gasteiger partial charge in [0, 0.05) is 36.1 Å². The van der Waals surface area contributed by atoms with Crippen LogP contribution in [0, 0.1) is 0 Å². The van der Waals surface area contributed by atoms with Crippen molar-refractivity contribution in [2.45, 2.75) is 31.8 Å². The summed E-state index contributed by atoms with van der Waals surface area (Å²) in [4.78, 5) is 51.7. The van der Waals surface area contributed by atoms with Gasteiger partial charge in [0.25, 0.3) is 0 Å². The Morgan fingerprint density at radius 3 is 2.58 bits per heavy atom. The van der Waals surface area contributed by atoms with E-state index in [9.17, 15) is 24.3 Å². The Bertz CT molecular complexity index is 1480. The molecule has 1 N–H and O–H groups in total. The van der Waals surface area contributed by atoms with Crippen molar-refractivity contribution in [3.8, 4) is 11.5 Å². The van der Waals surface area contributed by atoms with E-state index < -0.39 is 23.3 Å². The van der Waals surface area contributed by atoms with Crippen LogP contribution in [-0.2, 0) is 23.2 Å². The average molecular weight is 470 g/mol. The molecule has 2 aliphatic carbocycles. The average Bonchev–Trinajstić information content (AvgIpc) is 3.02. The lowest BCUT2D eigenvalue weighted by molar-refractivity contribution is -0.116. The zero-order chi connectivity index (χ0) is 23.8. The van der Waals surface area contributed by atoms with Crippen molar-refractivity contribution in [3.63, 3.8) is 0 Å². The van der Waals surface area contributed by atoms with Gasteiger partial charge in [-0.15, -0.1) is 0 Å². The summed E-state index contributed by atoms with van der Waals surface area (Å²) in [5.41, 5.74) is 1.24. The number of ketones is 2. The molecule has 0 radical (unpaired) electrons. The number of benzene rings is 1. The van der Waals surface area contributed by atoms with Crippen molar-refractivity contribution in [3.05, 3.63) is 78.1 Å². The number of phenolic OH excluding ortho intramolecular Hbond substituents is 1. The van der Waals surface area contributed by atoms with E-state index in [0.717, 1.165) is 4.57 Å². The van der Waals surface area contributed by atoms with Gasteiger partial charge in [0.2, 0.25) is 0 Å². The second-order valence-electron chi connectivity index (χ2n) is 8.37. The summed E-state index contributed by atoms with van der Waals surface area (Å²) in [5.74, 6) is -1.39. The predicted molar refractivity (Wildman–Crippen MR) is 119 cm³/mol. The molecule has 0 saturated heterocycles. The van der Waals surface area contributed by atoms with Gasteiger partial charge in [-0.05, 0) is 36.3 Å². The van der Waals surface area contributed by atoms with E-state index in [2.05, 4.69) is 0 Å².